The molecule has 1 atom stereocenters. The van der Waals surface area contributed by atoms with Gasteiger partial charge in [0.15, 0.2) is 0 Å². The minimum absolute atomic E-state index is 0.124. The molecule has 16 heavy (non-hydrogen) atoms. The summed E-state index contributed by atoms with van der Waals surface area (Å²) in [6.07, 6.45) is 2.42. The van der Waals surface area contributed by atoms with Crippen LogP contribution in [0.25, 0.3) is 0 Å². The van der Waals surface area contributed by atoms with E-state index in [9.17, 15) is 10.1 Å². The molecule has 0 bridgehead atoms. The van der Waals surface area contributed by atoms with E-state index in [1.165, 1.54) is 6.20 Å². The quantitative estimate of drug-likeness (QED) is 0.617. The molecular formula is C10H13N3O3. The molecule has 0 aliphatic carbocycles. The number of hydrogen-bond acceptors (Lipinski definition) is 5. The molecule has 0 aromatic carbocycles. The number of nitro groups is 1. The first-order valence-corrected chi connectivity index (χ1v) is 5.18. The Labute approximate surface area is 92.8 Å². The van der Waals surface area contributed by atoms with Crippen LogP contribution in [0.15, 0.2) is 18.3 Å². The Hall–Kier alpha value is -1.69. The summed E-state index contributed by atoms with van der Waals surface area (Å²) < 4.78 is 5.23. The predicted octanol–water partition coefficient (Wildman–Crippen LogP) is 1.44. The van der Waals surface area contributed by atoms with Crippen LogP contribution >= 0.6 is 0 Å². The van der Waals surface area contributed by atoms with Gasteiger partial charge in [0.05, 0.1) is 6.61 Å². The standard InChI is InChI=1S/C10H13N3O3/c14-13(15)10-9(2-1-4-11-10)12-6-8-3-5-16-7-8/h1-2,4,8,12H,3,5-7H2. The van der Waals surface area contributed by atoms with Gasteiger partial charge in [-0.3, -0.25) is 0 Å². The summed E-state index contributed by atoms with van der Waals surface area (Å²) in [7, 11) is 0. The Bertz CT molecular complexity index is 377. The first-order chi connectivity index (χ1) is 7.77. The lowest BCUT2D eigenvalue weighted by atomic mass is 10.1. The number of nitrogens with zero attached hydrogens (tertiary/aromatic N) is 2. The van der Waals surface area contributed by atoms with E-state index < -0.39 is 4.92 Å². The van der Waals surface area contributed by atoms with Gasteiger partial charge in [0.25, 0.3) is 0 Å². The van der Waals surface area contributed by atoms with Crippen LogP contribution in [0.3, 0.4) is 0 Å². The average molecular weight is 223 g/mol. The second-order valence-corrected chi connectivity index (χ2v) is 3.74. The van der Waals surface area contributed by atoms with Crippen LogP contribution in [0.1, 0.15) is 6.42 Å². The number of nitrogens with one attached hydrogen (secondary N) is 1. The Morgan fingerprint density at radius 3 is 3.25 bits per heavy atom. The lowest BCUT2D eigenvalue weighted by molar-refractivity contribution is -0.388. The number of anilines is 1. The summed E-state index contributed by atoms with van der Waals surface area (Å²) in [4.78, 5) is 13.9. The molecule has 2 heterocycles. The summed E-state index contributed by atoms with van der Waals surface area (Å²) in [6.45, 7) is 2.19. The third kappa shape index (κ3) is 2.46. The highest BCUT2D eigenvalue weighted by Gasteiger charge is 2.18. The number of pyridine rings is 1. The molecule has 6 heteroatoms. The first-order valence-electron chi connectivity index (χ1n) is 5.18. The molecule has 1 aliphatic rings. The van der Waals surface area contributed by atoms with E-state index >= 15 is 0 Å². The minimum atomic E-state index is -0.479. The van der Waals surface area contributed by atoms with Crippen molar-refractivity contribution in [3.8, 4) is 0 Å². The summed E-state index contributed by atoms with van der Waals surface area (Å²) in [6, 6.07) is 3.35. The van der Waals surface area contributed by atoms with E-state index in [1.807, 2.05) is 0 Å². The van der Waals surface area contributed by atoms with Crippen LogP contribution in [-0.2, 0) is 4.74 Å². The van der Waals surface area contributed by atoms with Gasteiger partial charge in [-0.15, -0.1) is 0 Å². The van der Waals surface area contributed by atoms with Crippen LogP contribution in [-0.4, -0.2) is 29.7 Å². The number of hydrogen-bond donors (Lipinski definition) is 1. The maximum atomic E-state index is 10.7. The molecule has 1 unspecified atom stereocenters. The summed E-state index contributed by atoms with van der Waals surface area (Å²) in [5, 5.41) is 13.7. The van der Waals surface area contributed by atoms with Crippen LogP contribution in [0.5, 0.6) is 0 Å². The molecule has 1 fully saturated rings. The Morgan fingerprint density at radius 2 is 2.56 bits per heavy atom. The molecule has 1 saturated heterocycles. The molecule has 1 N–H and O–H groups in total. The van der Waals surface area contributed by atoms with Crippen LogP contribution in [0.2, 0.25) is 0 Å². The second kappa shape index (κ2) is 4.89. The van der Waals surface area contributed by atoms with Gasteiger partial charge in [-0.1, -0.05) is 0 Å². The summed E-state index contributed by atoms with van der Waals surface area (Å²) in [5.74, 6) is 0.307. The Kier molecular flexibility index (Phi) is 3.31. The molecule has 0 radical (unpaired) electrons. The van der Waals surface area contributed by atoms with Crippen molar-refractivity contribution in [2.24, 2.45) is 5.92 Å². The van der Waals surface area contributed by atoms with E-state index in [0.29, 0.717) is 18.2 Å². The van der Waals surface area contributed by atoms with Gasteiger partial charge in [0.2, 0.25) is 0 Å². The number of aromatic nitrogens is 1. The van der Waals surface area contributed by atoms with E-state index in [2.05, 4.69) is 10.3 Å². The maximum absolute atomic E-state index is 10.7. The van der Waals surface area contributed by atoms with E-state index in [-0.39, 0.29) is 5.82 Å². The molecule has 0 amide bonds. The largest absolute Gasteiger partial charge is 0.386 e. The molecule has 2 rings (SSSR count). The Balaban J connectivity index is 2.00. The summed E-state index contributed by atoms with van der Waals surface area (Å²) >= 11 is 0. The van der Waals surface area contributed by atoms with Crippen molar-refractivity contribution in [1.29, 1.82) is 0 Å². The molecule has 86 valence electrons. The first kappa shape index (κ1) is 10.8. The fraction of sp³-hybridized carbons (Fsp3) is 0.500. The fourth-order valence-electron chi connectivity index (χ4n) is 1.68. The molecule has 0 saturated carbocycles. The smallest absolute Gasteiger partial charge is 0.381 e. The third-order valence-corrected chi connectivity index (χ3v) is 2.56. The van der Waals surface area contributed by atoms with Crippen molar-refractivity contribution in [1.82, 2.24) is 4.98 Å². The second-order valence-electron chi connectivity index (χ2n) is 3.74. The lowest BCUT2D eigenvalue weighted by Crippen LogP contribution is -2.15. The normalized spacial score (nSPS) is 19.6. The predicted molar refractivity (Wildman–Crippen MR) is 58.3 cm³/mol. The van der Waals surface area contributed by atoms with Gasteiger partial charge in [0.1, 0.15) is 11.9 Å². The van der Waals surface area contributed by atoms with Crippen molar-refractivity contribution in [2.75, 3.05) is 25.1 Å². The van der Waals surface area contributed by atoms with Crippen LogP contribution in [0, 0.1) is 16.0 Å². The number of rotatable bonds is 4. The highest BCUT2D eigenvalue weighted by atomic mass is 16.6. The minimum Gasteiger partial charge on any atom is -0.381 e. The zero-order valence-corrected chi connectivity index (χ0v) is 8.76. The van der Waals surface area contributed by atoms with Gasteiger partial charge in [-0.2, -0.15) is 0 Å². The Morgan fingerprint density at radius 1 is 1.69 bits per heavy atom. The third-order valence-electron chi connectivity index (χ3n) is 2.56. The lowest BCUT2D eigenvalue weighted by Gasteiger charge is -2.10. The van der Waals surface area contributed by atoms with Crippen molar-refractivity contribution >= 4 is 11.5 Å². The molecule has 1 aliphatic heterocycles. The fourth-order valence-corrected chi connectivity index (χ4v) is 1.68. The van der Waals surface area contributed by atoms with Gasteiger partial charge in [-0.05, 0) is 28.5 Å². The molecule has 1 aromatic rings. The van der Waals surface area contributed by atoms with Gasteiger partial charge >= 0.3 is 5.82 Å². The summed E-state index contributed by atoms with van der Waals surface area (Å²) in [5.41, 5.74) is 0.472. The SMILES string of the molecule is O=[N+]([O-])c1ncccc1NCC1CCOC1. The zero-order valence-electron chi connectivity index (χ0n) is 8.76. The van der Waals surface area contributed by atoms with Gasteiger partial charge in [-0.25, -0.2) is 0 Å². The van der Waals surface area contributed by atoms with E-state index in [1.54, 1.807) is 12.1 Å². The van der Waals surface area contributed by atoms with Crippen molar-refractivity contribution in [2.45, 2.75) is 6.42 Å². The monoisotopic (exact) mass is 223 g/mol. The van der Waals surface area contributed by atoms with Crippen LogP contribution < -0.4 is 5.32 Å². The highest BCUT2D eigenvalue weighted by Crippen LogP contribution is 2.21. The average Bonchev–Trinajstić information content (AvgIpc) is 2.79. The van der Waals surface area contributed by atoms with Crippen LogP contribution in [0.4, 0.5) is 11.5 Å². The molecule has 0 spiro atoms. The highest BCUT2D eigenvalue weighted by molar-refractivity contribution is 5.56. The molecular weight excluding hydrogens is 210 g/mol. The van der Waals surface area contributed by atoms with Crippen molar-refractivity contribution in [3.05, 3.63) is 28.4 Å². The zero-order chi connectivity index (χ0) is 11.4. The van der Waals surface area contributed by atoms with Crippen molar-refractivity contribution < 1.29 is 9.66 Å². The maximum Gasteiger partial charge on any atom is 0.386 e. The molecule has 6 nitrogen and oxygen atoms in total. The van der Waals surface area contributed by atoms with Gasteiger partial charge in [0, 0.05) is 19.1 Å². The topological polar surface area (TPSA) is 77.3 Å². The number of ether oxygens (including phenoxy) is 1. The van der Waals surface area contributed by atoms with E-state index in [0.717, 1.165) is 19.6 Å². The van der Waals surface area contributed by atoms with E-state index in [4.69, 9.17) is 4.74 Å². The van der Waals surface area contributed by atoms with Gasteiger partial charge < -0.3 is 20.2 Å². The molecule has 1 aromatic heterocycles. The van der Waals surface area contributed by atoms with Crippen molar-refractivity contribution in [3.63, 3.8) is 0 Å².